The van der Waals surface area contributed by atoms with Gasteiger partial charge in [0, 0.05) is 11.9 Å². The van der Waals surface area contributed by atoms with Gasteiger partial charge in [-0.2, -0.15) is 0 Å². The average Bonchev–Trinajstić information content (AvgIpc) is 2.55. The van der Waals surface area contributed by atoms with Crippen LogP contribution in [0.25, 0.3) is 0 Å². The summed E-state index contributed by atoms with van der Waals surface area (Å²) in [7, 11) is 3.22. The monoisotopic (exact) mass is 407 g/mol. The third-order valence-corrected chi connectivity index (χ3v) is 7.50. The van der Waals surface area contributed by atoms with Gasteiger partial charge in [-0.25, -0.2) is 4.98 Å². The van der Waals surface area contributed by atoms with Crippen LogP contribution in [0.3, 0.4) is 0 Å². The SMILES string of the molecule is CCCCSC(=S)SC(C)C(=O)OCCSSc1ccccn1. The molecule has 0 saturated heterocycles. The minimum Gasteiger partial charge on any atom is -0.464 e. The number of thioether (sulfide) groups is 2. The molecule has 0 aromatic carbocycles. The standard InChI is InChI=1S/C15H21NO2S5/c1-3-4-10-20-15(19)22-12(2)14(17)18-9-11-21-23-13-7-5-6-8-16-13/h5-8,12H,3-4,9-11H2,1-2H3. The fourth-order valence-electron chi connectivity index (χ4n) is 1.32. The lowest BCUT2D eigenvalue weighted by atomic mass is 10.4. The van der Waals surface area contributed by atoms with E-state index in [0.29, 0.717) is 6.61 Å². The molecule has 23 heavy (non-hydrogen) atoms. The van der Waals surface area contributed by atoms with Crippen molar-refractivity contribution in [3.05, 3.63) is 24.4 Å². The lowest BCUT2D eigenvalue weighted by Gasteiger charge is -2.11. The molecule has 128 valence electrons. The summed E-state index contributed by atoms with van der Waals surface area (Å²) in [6.07, 6.45) is 4.07. The van der Waals surface area contributed by atoms with Crippen LogP contribution < -0.4 is 0 Å². The molecule has 0 aliphatic carbocycles. The highest BCUT2D eigenvalue weighted by Gasteiger charge is 2.17. The van der Waals surface area contributed by atoms with Crippen molar-refractivity contribution in [3.8, 4) is 0 Å². The number of thiocarbonyl (C=S) groups is 1. The smallest absolute Gasteiger partial charge is 0.319 e. The molecule has 0 amide bonds. The van der Waals surface area contributed by atoms with Gasteiger partial charge in [0.25, 0.3) is 0 Å². The van der Waals surface area contributed by atoms with Crippen molar-refractivity contribution >= 4 is 66.8 Å². The Bertz CT molecular complexity index is 472. The maximum absolute atomic E-state index is 11.9. The second-order valence-corrected chi connectivity index (χ2v) is 10.5. The lowest BCUT2D eigenvalue weighted by molar-refractivity contribution is -0.141. The number of carbonyl (C=O) groups is 1. The molecule has 8 heteroatoms. The van der Waals surface area contributed by atoms with Gasteiger partial charge in [-0.05, 0) is 42.0 Å². The Hall–Kier alpha value is 0.110. The van der Waals surface area contributed by atoms with Crippen molar-refractivity contribution in [2.75, 3.05) is 18.1 Å². The summed E-state index contributed by atoms with van der Waals surface area (Å²) >= 11 is 8.34. The first kappa shape index (κ1) is 21.2. The Labute approximate surface area is 160 Å². The highest BCUT2D eigenvalue weighted by Crippen LogP contribution is 2.28. The van der Waals surface area contributed by atoms with Gasteiger partial charge in [0.15, 0.2) is 0 Å². The van der Waals surface area contributed by atoms with E-state index in [1.54, 1.807) is 39.5 Å². The first-order valence-corrected chi connectivity index (χ1v) is 11.9. The lowest BCUT2D eigenvalue weighted by Crippen LogP contribution is -2.19. The maximum Gasteiger partial charge on any atom is 0.319 e. The van der Waals surface area contributed by atoms with Gasteiger partial charge in [-0.3, -0.25) is 4.79 Å². The Morgan fingerprint density at radius 1 is 1.39 bits per heavy atom. The molecule has 0 saturated carbocycles. The predicted octanol–water partition coefficient (Wildman–Crippen LogP) is 5.31. The van der Waals surface area contributed by atoms with Crippen molar-refractivity contribution in [1.29, 1.82) is 0 Å². The van der Waals surface area contributed by atoms with Crippen molar-refractivity contribution in [2.24, 2.45) is 0 Å². The normalized spacial score (nSPS) is 11.9. The van der Waals surface area contributed by atoms with Crippen LogP contribution in [-0.2, 0) is 9.53 Å². The number of carbonyl (C=O) groups excluding carboxylic acids is 1. The number of rotatable bonds is 10. The number of unbranched alkanes of at least 4 members (excludes halogenated alkanes) is 1. The van der Waals surface area contributed by atoms with E-state index >= 15 is 0 Å². The van der Waals surface area contributed by atoms with E-state index in [1.165, 1.54) is 11.8 Å². The van der Waals surface area contributed by atoms with E-state index < -0.39 is 0 Å². The van der Waals surface area contributed by atoms with E-state index in [0.717, 1.165) is 32.9 Å². The van der Waals surface area contributed by atoms with E-state index in [9.17, 15) is 4.79 Å². The summed E-state index contributed by atoms with van der Waals surface area (Å²) < 4.78 is 6.11. The molecule has 0 radical (unpaired) electrons. The molecule has 1 aromatic rings. The fraction of sp³-hybridized carbons (Fsp3) is 0.533. The first-order chi connectivity index (χ1) is 11.1. The van der Waals surface area contributed by atoms with Crippen LogP contribution in [0.1, 0.15) is 26.7 Å². The summed E-state index contributed by atoms with van der Waals surface area (Å²) in [6.45, 7) is 4.40. The number of hydrogen-bond acceptors (Lipinski definition) is 8. The Kier molecular flexibility index (Phi) is 12.3. The zero-order valence-electron chi connectivity index (χ0n) is 13.2. The molecule has 1 rings (SSSR count). The molecule has 0 spiro atoms. The molecular weight excluding hydrogens is 387 g/mol. The quantitative estimate of drug-likeness (QED) is 0.224. The predicted molar refractivity (Wildman–Crippen MR) is 111 cm³/mol. The van der Waals surface area contributed by atoms with Crippen LogP contribution in [0.4, 0.5) is 0 Å². The highest BCUT2D eigenvalue weighted by molar-refractivity contribution is 8.76. The summed E-state index contributed by atoms with van der Waals surface area (Å²) in [5.74, 6) is 1.56. The third-order valence-electron chi connectivity index (χ3n) is 2.52. The Balaban J connectivity index is 2.09. The van der Waals surface area contributed by atoms with E-state index in [2.05, 4.69) is 11.9 Å². The van der Waals surface area contributed by atoms with Gasteiger partial charge < -0.3 is 4.74 Å². The van der Waals surface area contributed by atoms with Crippen molar-refractivity contribution in [2.45, 2.75) is 37.0 Å². The van der Waals surface area contributed by atoms with Gasteiger partial charge in [0.2, 0.25) is 0 Å². The average molecular weight is 408 g/mol. The van der Waals surface area contributed by atoms with Crippen molar-refractivity contribution in [1.82, 2.24) is 4.98 Å². The van der Waals surface area contributed by atoms with Gasteiger partial charge in [-0.15, -0.1) is 11.8 Å². The van der Waals surface area contributed by atoms with Crippen LogP contribution in [0.15, 0.2) is 29.4 Å². The van der Waals surface area contributed by atoms with E-state index in [1.807, 2.05) is 25.1 Å². The summed E-state index contributed by atoms with van der Waals surface area (Å²) in [5.41, 5.74) is 0. The number of ether oxygens (including phenoxy) is 1. The molecule has 0 N–H and O–H groups in total. The maximum atomic E-state index is 11.9. The zero-order chi connectivity index (χ0) is 16.9. The topological polar surface area (TPSA) is 39.2 Å². The minimum absolute atomic E-state index is 0.197. The van der Waals surface area contributed by atoms with Crippen LogP contribution in [0.5, 0.6) is 0 Å². The van der Waals surface area contributed by atoms with E-state index in [-0.39, 0.29) is 11.2 Å². The number of aromatic nitrogens is 1. The molecule has 0 fully saturated rings. The zero-order valence-corrected chi connectivity index (χ0v) is 17.3. The third kappa shape index (κ3) is 10.6. The van der Waals surface area contributed by atoms with Crippen molar-refractivity contribution < 1.29 is 9.53 Å². The van der Waals surface area contributed by atoms with Crippen LogP contribution in [-0.4, -0.2) is 37.8 Å². The molecular formula is C15H21NO2S5. The van der Waals surface area contributed by atoms with Crippen LogP contribution in [0, 0.1) is 0 Å². The highest BCUT2D eigenvalue weighted by atomic mass is 33.1. The number of esters is 1. The Morgan fingerprint density at radius 3 is 2.91 bits per heavy atom. The number of nitrogens with zero attached hydrogens (tertiary/aromatic N) is 1. The van der Waals surface area contributed by atoms with Gasteiger partial charge in [0.1, 0.15) is 20.4 Å². The summed E-state index contributed by atoms with van der Waals surface area (Å²) in [5, 5.41) is 0.715. The molecule has 0 bridgehead atoms. The molecule has 1 unspecified atom stereocenters. The first-order valence-electron chi connectivity index (χ1n) is 7.34. The molecule has 1 heterocycles. The van der Waals surface area contributed by atoms with E-state index in [4.69, 9.17) is 17.0 Å². The molecule has 1 atom stereocenters. The number of pyridine rings is 1. The minimum atomic E-state index is -0.245. The summed E-state index contributed by atoms with van der Waals surface area (Å²) in [4.78, 5) is 16.1. The molecule has 1 aromatic heterocycles. The Morgan fingerprint density at radius 2 is 2.22 bits per heavy atom. The van der Waals surface area contributed by atoms with Crippen molar-refractivity contribution in [3.63, 3.8) is 0 Å². The van der Waals surface area contributed by atoms with Gasteiger partial charge >= 0.3 is 5.97 Å². The molecule has 0 aliphatic rings. The second kappa shape index (κ2) is 13.4. The second-order valence-electron chi connectivity index (χ2n) is 4.45. The van der Waals surface area contributed by atoms with Gasteiger partial charge in [0.05, 0.1) is 0 Å². The summed E-state index contributed by atoms with van der Waals surface area (Å²) in [6, 6.07) is 5.80. The van der Waals surface area contributed by atoms with Crippen LogP contribution >= 0.6 is 57.3 Å². The van der Waals surface area contributed by atoms with Crippen LogP contribution in [0.2, 0.25) is 0 Å². The largest absolute Gasteiger partial charge is 0.464 e. The fourth-order valence-corrected chi connectivity index (χ4v) is 5.71. The molecule has 0 aliphatic heterocycles. The molecule has 3 nitrogen and oxygen atoms in total. The number of hydrogen-bond donors (Lipinski definition) is 0. The van der Waals surface area contributed by atoms with Gasteiger partial charge in [-0.1, -0.05) is 54.2 Å².